The van der Waals surface area contributed by atoms with Crippen LogP contribution in [0.1, 0.15) is 22.8 Å². The standard InChI is InChI=1S/C33H29N3O6S2/c1-41-21-10-8-17(12-22(21)42-2)24-25-19-13-20(28(25)43-30-29(24)44-33(40)35-30)27-26(19)31(38)36(32(27)39)14-23(37)34-18-9-7-15-5-3-4-6-16(15)11-18/h3-12,19-20,24-28H,13-14H2,1-2H3,(H,34,37)(H,35,40)/t19?,20?,24-,25?,26?,27?,28?/m1/s1. The Morgan fingerprint density at radius 1 is 0.932 bits per heavy atom. The number of thiazole rings is 1. The zero-order chi connectivity index (χ0) is 30.3. The van der Waals surface area contributed by atoms with E-state index in [4.69, 9.17) is 9.47 Å². The first-order valence-corrected chi connectivity index (χ1v) is 16.3. The van der Waals surface area contributed by atoms with Crippen molar-refractivity contribution in [3.05, 3.63) is 80.8 Å². The summed E-state index contributed by atoms with van der Waals surface area (Å²) in [6.07, 6.45) is 0.773. The molecule has 3 amide bonds. The van der Waals surface area contributed by atoms with Gasteiger partial charge in [-0.25, -0.2) is 0 Å². The topological polar surface area (TPSA) is 118 Å². The molecule has 2 aliphatic heterocycles. The molecule has 3 aromatic carbocycles. The molecule has 7 atom stereocenters. The fourth-order valence-electron chi connectivity index (χ4n) is 8.27. The van der Waals surface area contributed by atoms with Gasteiger partial charge in [0.05, 0.1) is 31.1 Å². The quantitative estimate of drug-likeness (QED) is 0.297. The number of nitrogens with zero attached hydrogens (tertiary/aromatic N) is 1. The second-order valence-corrected chi connectivity index (χ2v) is 14.2. The van der Waals surface area contributed by atoms with E-state index in [1.165, 1.54) is 16.2 Å². The third-order valence-electron chi connectivity index (χ3n) is 9.92. The average Bonchev–Trinajstić information content (AvgIpc) is 3.76. The van der Waals surface area contributed by atoms with Gasteiger partial charge < -0.3 is 19.8 Å². The summed E-state index contributed by atoms with van der Waals surface area (Å²) in [5.41, 5.74) is 1.61. The van der Waals surface area contributed by atoms with Crippen molar-refractivity contribution in [2.75, 3.05) is 26.1 Å². The molecule has 8 rings (SSSR count). The van der Waals surface area contributed by atoms with Crippen molar-refractivity contribution in [1.82, 2.24) is 9.88 Å². The maximum atomic E-state index is 13.9. The maximum Gasteiger partial charge on any atom is 0.305 e. The highest BCUT2D eigenvalue weighted by Gasteiger charge is 2.69. The summed E-state index contributed by atoms with van der Waals surface area (Å²) in [4.78, 5) is 58.5. The van der Waals surface area contributed by atoms with Crippen LogP contribution in [0.25, 0.3) is 10.8 Å². The van der Waals surface area contributed by atoms with Crippen LogP contribution in [0, 0.1) is 29.6 Å². The monoisotopic (exact) mass is 627 g/mol. The lowest BCUT2D eigenvalue weighted by Gasteiger charge is -2.43. The van der Waals surface area contributed by atoms with Crippen LogP contribution in [0.15, 0.2) is 70.5 Å². The molecule has 2 bridgehead atoms. The number of thioether (sulfide) groups is 1. The third-order valence-corrected chi connectivity index (χ3v) is 12.5. The fraction of sp³-hybridized carbons (Fsp3) is 0.333. The number of hydrogen-bond donors (Lipinski definition) is 2. The van der Waals surface area contributed by atoms with Gasteiger partial charge in [0.1, 0.15) is 6.54 Å². The molecule has 1 saturated heterocycles. The molecule has 3 heterocycles. The summed E-state index contributed by atoms with van der Waals surface area (Å²) >= 11 is 2.85. The molecule has 4 aliphatic rings. The third kappa shape index (κ3) is 4.05. The molecule has 2 saturated carbocycles. The van der Waals surface area contributed by atoms with Gasteiger partial charge in [-0.1, -0.05) is 47.7 Å². The molecule has 11 heteroatoms. The lowest BCUT2D eigenvalue weighted by molar-refractivity contribution is -0.143. The molecule has 0 radical (unpaired) electrons. The largest absolute Gasteiger partial charge is 0.493 e. The molecule has 44 heavy (non-hydrogen) atoms. The van der Waals surface area contributed by atoms with Gasteiger partial charge in [-0.2, -0.15) is 0 Å². The number of amides is 3. The van der Waals surface area contributed by atoms with Gasteiger partial charge in [0.15, 0.2) is 11.5 Å². The van der Waals surface area contributed by atoms with Crippen LogP contribution < -0.4 is 19.7 Å². The number of carbonyl (C=O) groups excluding carboxylic acids is 3. The van der Waals surface area contributed by atoms with E-state index in [0.29, 0.717) is 17.2 Å². The number of benzene rings is 3. The van der Waals surface area contributed by atoms with Gasteiger partial charge in [-0.3, -0.25) is 24.1 Å². The van der Waals surface area contributed by atoms with Crippen molar-refractivity contribution in [3.63, 3.8) is 0 Å². The van der Waals surface area contributed by atoms with E-state index in [2.05, 4.69) is 10.3 Å². The summed E-state index contributed by atoms with van der Waals surface area (Å²) in [6.45, 7) is -0.306. The summed E-state index contributed by atoms with van der Waals surface area (Å²) in [5.74, 6) is -0.782. The number of nitrogens with one attached hydrogen (secondary N) is 2. The van der Waals surface area contributed by atoms with Crippen LogP contribution in [0.2, 0.25) is 0 Å². The number of rotatable bonds is 6. The van der Waals surface area contributed by atoms with Gasteiger partial charge in [0, 0.05) is 21.7 Å². The Kier molecular flexibility index (Phi) is 6.39. The smallest absolute Gasteiger partial charge is 0.305 e. The number of hydrogen-bond acceptors (Lipinski definition) is 8. The number of likely N-dealkylation sites (tertiary alicyclic amines) is 1. The number of H-pyrrole nitrogens is 1. The number of methoxy groups -OCH3 is 2. The molecule has 0 spiro atoms. The number of ether oxygens (including phenoxy) is 2. The highest BCUT2D eigenvalue weighted by Crippen LogP contribution is 2.68. The normalized spacial score (nSPS) is 28.1. The van der Waals surface area contributed by atoms with Crippen molar-refractivity contribution in [2.45, 2.75) is 22.6 Å². The molecule has 9 nitrogen and oxygen atoms in total. The fourth-order valence-corrected chi connectivity index (χ4v) is 11.2. The Balaban J connectivity index is 1.09. The van der Waals surface area contributed by atoms with Gasteiger partial charge in [-0.05, 0) is 64.8 Å². The molecule has 2 N–H and O–H groups in total. The first-order chi connectivity index (χ1) is 21.4. The van der Waals surface area contributed by atoms with Crippen LogP contribution >= 0.6 is 23.1 Å². The second kappa shape index (κ2) is 10.2. The molecule has 224 valence electrons. The van der Waals surface area contributed by atoms with E-state index >= 15 is 0 Å². The number of anilines is 1. The van der Waals surface area contributed by atoms with Crippen LogP contribution in [0.3, 0.4) is 0 Å². The maximum absolute atomic E-state index is 13.9. The lowest BCUT2D eigenvalue weighted by atomic mass is 9.68. The van der Waals surface area contributed by atoms with Crippen LogP contribution in [-0.4, -0.2) is 53.6 Å². The first kappa shape index (κ1) is 27.5. The lowest BCUT2D eigenvalue weighted by Crippen LogP contribution is -2.42. The van der Waals surface area contributed by atoms with Crippen LogP contribution in [0.5, 0.6) is 11.5 Å². The Morgan fingerprint density at radius 2 is 1.68 bits per heavy atom. The van der Waals surface area contributed by atoms with Gasteiger partial charge in [0.2, 0.25) is 17.7 Å². The van der Waals surface area contributed by atoms with E-state index in [1.54, 1.807) is 26.0 Å². The van der Waals surface area contributed by atoms with Crippen molar-refractivity contribution in [3.8, 4) is 11.5 Å². The predicted octanol–water partition coefficient (Wildman–Crippen LogP) is 4.72. The minimum Gasteiger partial charge on any atom is -0.493 e. The molecular weight excluding hydrogens is 599 g/mol. The van der Waals surface area contributed by atoms with Crippen LogP contribution in [0.4, 0.5) is 5.69 Å². The number of imide groups is 1. The highest BCUT2D eigenvalue weighted by molar-refractivity contribution is 8.00. The summed E-state index contributed by atoms with van der Waals surface area (Å²) in [6, 6.07) is 19.3. The zero-order valence-corrected chi connectivity index (χ0v) is 25.6. The number of fused-ring (bicyclic) bond motifs is 10. The number of aromatic nitrogens is 1. The van der Waals surface area contributed by atoms with Crippen LogP contribution in [-0.2, 0) is 14.4 Å². The van der Waals surface area contributed by atoms with Crippen molar-refractivity contribution >= 4 is 57.3 Å². The minimum absolute atomic E-state index is 0.0239. The van der Waals surface area contributed by atoms with Gasteiger partial charge in [-0.15, -0.1) is 11.8 Å². The summed E-state index contributed by atoms with van der Waals surface area (Å²) < 4.78 is 11.1. The highest BCUT2D eigenvalue weighted by atomic mass is 32.2. The number of aromatic amines is 1. The van der Waals surface area contributed by atoms with E-state index in [-0.39, 0.29) is 52.2 Å². The van der Waals surface area contributed by atoms with E-state index < -0.39 is 17.7 Å². The van der Waals surface area contributed by atoms with Crippen molar-refractivity contribution in [1.29, 1.82) is 0 Å². The summed E-state index contributed by atoms with van der Waals surface area (Å²) in [5, 5.41) is 5.82. The predicted molar refractivity (Wildman–Crippen MR) is 167 cm³/mol. The average molecular weight is 628 g/mol. The van der Waals surface area contributed by atoms with E-state index in [1.807, 2.05) is 60.7 Å². The zero-order valence-electron chi connectivity index (χ0n) is 23.9. The molecular formula is C33H29N3O6S2. The molecule has 3 fully saturated rings. The Hall–Kier alpha value is -4.09. The Morgan fingerprint density at radius 3 is 2.45 bits per heavy atom. The molecule has 6 unspecified atom stereocenters. The van der Waals surface area contributed by atoms with Gasteiger partial charge in [0.25, 0.3) is 0 Å². The molecule has 4 aromatic rings. The number of carbonyl (C=O) groups is 3. The van der Waals surface area contributed by atoms with Crippen molar-refractivity contribution in [2.24, 2.45) is 29.6 Å². The Bertz CT molecular complexity index is 1920. The molecule has 2 aliphatic carbocycles. The Labute approximate surface area is 260 Å². The molecule has 1 aromatic heterocycles. The van der Waals surface area contributed by atoms with E-state index in [9.17, 15) is 19.2 Å². The SMILES string of the molecule is COc1ccc([C@H]2c3sc(=O)[nH]c3SC3C4CC(C5C(=O)N(CC(=O)Nc6ccc7ccccc7c6)C(=O)C45)C32)cc1OC. The van der Waals surface area contributed by atoms with Gasteiger partial charge >= 0.3 is 4.87 Å². The van der Waals surface area contributed by atoms with Crippen molar-refractivity contribution < 1.29 is 23.9 Å². The second-order valence-electron chi connectivity index (χ2n) is 11.9. The van der Waals surface area contributed by atoms with E-state index in [0.717, 1.165) is 32.7 Å². The minimum atomic E-state index is -0.470. The first-order valence-electron chi connectivity index (χ1n) is 14.6. The summed E-state index contributed by atoms with van der Waals surface area (Å²) in [7, 11) is 3.18.